The Hall–Kier alpha value is -2.36. The Morgan fingerprint density at radius 3 is 2.67 bits per heavy atom. The number of hydrogen-bond acceptors (Lipinski definition) is 2. The van der Waals surface area contributed by atoms with E-state index in [-0.39, 0.29) is 23.7 Å². The molecular formula is C20H24N2O2. The molecule has 0 bridgehead atoms. The number of para-hydroxylation sites is 1. The lowest BCUT2D eigenvalue weighted by molar-refractivity contribution is -0.140. The van der Waals surface area contributed by atoms with Crippen molar-refractivity contribution in [3.63, 3.8) is 0 Å². The molecule has 0 aromatic heterocycles. The fraction of sp³-hybridized carbons (Fsp3) is 0.400. The topological polar surface area (TPSA) is 49.4 Å². The van der Waals surface area contributed by atoms with Gasteiger partial charge in [0.25, 0.3) is 0 Å². The lowest BCUT2D eigenvalue weighted by Crippen LogP contribution is -2.59. The number of anilines is 1. The van der Waals surface area contributed by atoms with Crippen LogP contribution in [0.3, 0.4) is 0 Å². The van der Waals surface area contributed by atoms with Crippen LogP contribution >= 0.6 is 0 Å². The number of carbonyl (C=O) groups is 2. The number of hydrazine groups is 1. The zero-order valence-electron chi connectivity index (χ0n) is 14.3. The van der Waals surface area contributed by atoms with Gasteiger partial charge >= 0.3 is 0 Å². The average Bonchev–Trinajstić information content (AvgIpc) is 2.58. The summed E-state index contributed by atoms with van der Waals surface area (Å²) in [5.41, 5.74) is 6.09. The van der Waals surface area contributed by atoms with Gasteiger partial charge in [-0.05, 0) is 51.7 Å². The van der Waals surface area contributed by atoms with E-state index in [1.807, 2.05) is 30.3 Å². The van der Waals surface area contributed by atoms with Gasteiger partial charge in [-0.25, -0.2) is 5.01 Å². The number of rotatable bonds is 4. The second-order valence-electron chi connectivity index (χ2n) is 6.82. The van der Waals surface area contributed by atoms with Crippen LogP contribution in [0, 0.1) is 11.8 Å². The van der Waals surface area contributed by atoms with Crippen LogP contribution in [0.1, 0.15) is 39.5 Å². The number of amides is 2. The molecule has 1 fully saturated rings. The molecule has 1 aromatic carbocycles. The van der Waals surface area contributed by atoms with Crippen molar-refractivity contribution in [2.24, 2.45) is 11.8 Å². The van der Waals surface area contributed by atoms with Gasteiger partial charge in [-0.2, -0.15) is 0 Å². The third kappa shape index (κ3) is 3.42. The number of hydrogen-bond donors (Lipinski definition) is 1. The van der Waals surface area contributed by atoms with E-state index in [1.54, 1.807) is 0 Å². The van der Waals surface area contributed by atoms with Crippen molar-refractivity contribution in [3.05, 3.63) is 53.6 Å². The van der Waals surface area contributed by atoms with Gasteiger partial charge in [0.05, 0.1) is 17.5 Å². The monoisotopic (exact) mass is 324 g/mol. The lowest BCUT2D eigenvalue weighted by Gasteiger charge is -2.39. The molecule has 1 heterocycles. The minimum atomic E-state index is -0.245. The summed E-state index contributed by atoms with van der Waals surface area (Å²) in [6, 6.07) is 9.31. The van der Waals surface area contributed by atoms with Gasteiger partial charge in [-0.15, -0.1) is 0 Å². The van der Waals surface area contributed by atoms with E-state index in [4.69, 9.17) is 0 Å². The maximum Gasteiger partial charge on any atom is 0.249 e. The predicted molar refractivity (Wildman–Crippen MR) is 95.0 cm³/mol. The van der Waals surface area contributed by atoms with E-state index in [0.717, 1.165) is 18.5 Å². The second kappa shape index (κ2) is 7.04. The first kappa shape index (κ1) is 16.5. The van der Waals surface area contributed by atoms with Crippen LogP contribution in [0.4, 0.5) is 5.69 Å². The molecule has 1 saturated heterocycles. The fourth-order valence-electron chi connectivity index (χ4n) is 3.45. The van der Waals surface area contributed by atoms with Gasteiger partial charge in [0.1, 0.15) is 0 Å². The van der Waals surface area contributed by atoms with E-state index in [0.29, 0.717) is 12.8 Å². The molecule has 126 valence electrons. The molecule has 2 amide bonds. The van der Waals surface area contributed by atoms with Crippen molar-refractivity contribution >= 4 is 17.5 Å². The maximum absolute atomic E-state index is 12.9. The Bertz CT molecular complexity index is 687. The fourth-order valence-corrected chi connectivity index (χ4v) is 3.45. The zero-order chi connectivity index (χ0) is 17.1. The van der Waals surface area contributed by atoms with Crippen molar-refractivity contribution in [2.75, 3.05) is 5.01 Å². The van der Waals surface area contributed by atoms with Crippen LogP contribution in [0.15, 0.2) is 53.6 Å². The number of nitrogens with one attached hydrogen (secondary N) is 1. The molecule has 0 radical (unpaired) electrons. The van der Waals surface area contributed by atoms with Crippen molar-refractivity contribution in [3.8, 4) is 0 Å². The van der Waals surface area contributed by atoms with E-state index in [2.05, 4.69) is 31.4 Å². The first-order valence-electron chi connectivity index (χ1n) is 8.57. The van der Waals surface area contributed by atoms with E-state index in [1.165, 1.54) is 16.2 Å². The minimum Gasteiger partial charge on any atom is -0.273 e. The maximum atomic E-state index is 12.9. The molecule has 1 N–H and O–H groups in total. The van der Waals surface area contributed by atoms with Gasteiger partial charge in [0.15, 0.2) is 0 Å². The van der Waals surface area contributed by atoms with Gasteiger partial charge in [0, 0.05) is 0 Å². The SMILES string of the molecule is CC(C)=CCCC1=CCC2C(=O)NN(c3ccccc3)C(=O)C2C1. The highest BCUT2D eigenvalue weighted by Crippen LogP contribution is 2.36. The molecular weight excluding hydrogens is 300 g/mol. The number of allylic oxidation sites excluding steroid dienone is 4. The summed E-state index contributed by atoms with van der Waals surface area (Å²) in [7, 11) is 0. The molecule has 1 aliphatic carbocycles. The van der Waals surface area contributed by atoms with Gasteiger partial charge in [-0.3, -0.25) is 15.0 Å². The number of nitrogens with zero attached hydrogens (tertiary/aromatic N) is 1. The predicted octanol–water partition coefficient (Wildman–Crippen LogP) is 3.76. The summed E-state index contributed by atoms with van der Waals surface area (Å²) in [5, 5.41) is 1.42. The van der Waals surface area contributed by atoms with E-state index >= 15 is 0 Å². The highest BCUT2D eigenvalue weighted by molar-refractivity contribution is 6.04. The Morgan fingerprint density at radius 2 is 1.96 bits per heavy atom. The summed E-state index contributed by atoms with van der Waals surface area (Å²) in [4.78, 5) is 25.3. The summed E-state index contributed by atoms with van der Waals surface area (Å²) in [5.74, 6) is -0.531. The van der Waals surface area contributed by atoms with Crippen LogP contribution < -0.4 is 10.4 Å². The molecule has 1 aliphatic heterocycles. The Kier molecular flexibility index (Phi) is 4.84. The first-order valence-corrected chi connectivity index (χ1v) is 8.57. The molecule has 4 heteroatoms. The van der Waals surface area contributed by atoms with Crippen LogP contribution in [-0.4, -0.2) is 11.8 Å². The molecule has 24 heavy (non-hydrogen) atoms. The summed E-state index contributed by atoms with van der Waals surface area (Å²) >= 11 is 0. The van der Waals surface area contributed by atoms with Gasteiger partial charge < -0.3 is 0 Å². The molecule has 4 nitrogen and oxygen atoms in total. The summed E-state index contributed by atoms with van der Waals surface area (Å²) < 4.78 is 0. The first-order chi connectivity index (χ1) is 11.6. The molecule has 0 spiro atoms. The normalized spacial score (nSPS) is 23.2. The Balaban J connectivity index is 1.75. The van der Waals surface area contributed by atoms with E-state index < -0.39 is 0 Å². The van der Waals surface area contributed by atoms with Crippen LogP contribution in [0.25, 0.3) is 0 Å². The number of benzene rings is 1. The van der Waals surface area contributed by atoms with Crippen LogP contribution in [0.5, 0.6) is 0 Å². The molecule has 0 saturated carbocycles. The minimum absolute atomic E-state index is 0.00128. The third-order valence-corrected chi connectivity index (χ3v) is 4.76. The molecule has 2 aliphatic rings. The highest BCUT2D eigenvalue weighted by Gasteiger charge is 2.43. The molecule has 1 aromatic rings. The Labute approximate surface area is 143 Å². The quantitative estimate of drug-likeness (QED) is 0.857. The summed E-state index contributed by atoms with van der Waals surface area (Å²) in [6.45, 7) is 4.19. The zero-order valence-corrected chi connectivity index (χ0v) is 14.3. The van der Waals surface area contributed by atoms with Crippen molar-refractivity contribution in [1.82, 2.24) is 5.43 Å². The van der Waals surface area contributed by atoms with Crippen molar-refractivity contribution in [1.29, 1.82) is 0 Å². The van der Waals surface area contributed by atoms with Gasteiger partial charge in [0.2, 0.25) is 11.8 Å². The molecule has 2 atom stereocenters. The highest BCUT2D eigenvalue weighted by atomic mass is 16.2. The molecule has 2 unspecified atom stereocenters. The third-order valence-electron chi connectivity index (χ3n) is 4.76. The van der Waals surface area contributed by atoms with Gasteiger partial charge in [-0.1, -0.05) is 41.5 Å². The van der Waals surface area contributed by atoms with Crippen molar-refractivity contribution in [2.45, 2.75) is 39.5 Å². The average molecular weight is 324 g/mol. The standard InChI is InChI=1S/C20H24N2O2/c1-14(2)7-6-8-15-11-12-17-18(13-15)20(24)22(21-19(17)23)16-9-4-3-5-10-16/h3-5,7,9-11,17-18H,6,8,12-13H2,1-2H3,(H,21,23). The number of fused-ring (bicyclic) bond motifs is 1. The summed E-state index contributed by atoms with van der Waals surface area (Å²) in [6.07, 6.45) is 7.69. The van der Waals surface area contributed by atoms with Crippen LogP contribution in [-0.2, 0) is 9.59 Å². The second-order valence-corrected chi connectivity index (χ2v) is 6.82. The Morgan fingerprint density at radius 1 is 1.21 bits per heavy atom. The van der Waals surface area contributed by atoms with Crippen molar-refractivity contribution < 1.29 is 9.59 Å². The smallest absolute Gasteiger partial charge is 0.249 e. The molecule has 3 rings (SSSR count). The largest absolute Gasteiger partial charge is 0.273 e. The van der Waals surface area contributed by atoms with Crippen LogP contribution in [0.2, 0.25) is 0 Å². The lowest BCUT2D eigenvalue weighted by atomic mass is 9.76. The van der Waals surface area contributed by atoms with E-state index in [9.17, 15) is 9.59 Å². The number of carbonyl (C=O) groups excluding carboxylic acids is 2.